The number of halogens is 1. The van der Waals surface area contributed by atoms with Gasteiger partial charge in [0.25, 0.3) is 0 Å². The van der Waals surface area contributed by atoms with E-state index in [-0.39, 0.29) is 30.5 Å². The Hall–Kier alpha value is -1.14. The average Bonchev–Trinajstić information content (AvgIpc) is 2.47. The van der Waals surface area contributed by atoms with Crippen LogP contribution in [0.5, 0.6) is 0 Å². The zero-order valence-electron chi connectivity index (χ0n) is 12.4. The molecule has 6 heteroatoms. The number of benzene rings is 1. The number of nitrogens with one attached hydrogen (secondary N) is 2. The van der Waals surface area contributed by atoms with Gasteiger partial charge >= 0.3 is 0 Å². The third-order valence-corrected chi connectivity index (χ3v) is 3.29. The Kier molecular flexibility index (Phi) is 7.67. The van der Waals surface area contributed by atoms with Gasteiger partial charge in [-0.1, -0.05) is 12.1 Å². The number of anilines is 1. The topological polar surface area (TPSA) is 59.6 Å². The maximum Gasteiger partial charge on any atom is 0.244 e. The summed E-state index contributed by atoms with van der Waals surface area (Å²) in [7, 11) is 0. The van der Waals surface area contributed by atoms with Gasteiger partial charge in [0.2, 0.25) is 5.91 Å². The van der Waals surface area contributed by atoms with Crippen LogP contribution in [0.25, 0.3) is 0 Å². The molecule has 1 saturated heterocycles. The van der Waals surface area contributed by atoms with Crippen LogP contribution in [0.15, 0.2) is 24.3 Å². The highest BCUT2D eigenvalue weighted by atomic mass is 35.5. The summed E-state index contributed by atoms with van der Waals surface area (Å²) in [5.74, 6) is -0.0604. The molecule has 1 aliphatic heterocycles. The first-order valence-electron chi connectivity index (χ1n) is 7.03. The minimum Gasteiger partial charge on any atom is -0.377 e. The highest BCUT2D eigenvalue weighted by Gasteiger charge is 2.28. The molecule has 0 saturated carbocycles. The number of rotatable bonds is 5. The fourth-order valence-electron chi connectivity index (χ4n) is 2.15. The van der Waals surface area contributed by atoms with Crippen molar-refractivity contribution in [1.82, 2.24) is 5.32 Å². The molecular weight excluding hydrogens is 292 g/mol. The predicted molar refractivity (Wildman–Crippen MR) is 84.9 cm³/mol. The van der Waals surface area contributed by atoms with Crippen molar-refractivity contribution in [1.29, 1.82) is 0 Å². The highest BCUT2D eigenvalue weighted by Crippen LogP contribution is 2.12. The molecule has 0 aromatic heterocycles. The molecule has 118 valence electrons. The van der Waals surface area contributed by atoms with Crippen LogP contribution in [-0.2, 0) is 20.9 Å². The summed E-state index contributed by atoms with van der Waals surface area (Å²) < 4.78 is 10.8. The molecule has 0 spiro atoms. The van der Waals surface area contributed by atoms with Gasteiger partial charge in [0, 0.05) is 18.8 Å². The molecule has 0 aliphatic carbocycles. The Labute approximate surface area is 131 Å². The normalized spacial score (nSPS) is 21.4. The second kappa shape index (κ2) is 9.00. The van der Waals surface area contributed by atoms with Gasteiger partial charge in [-0.15, -0.1) is 12.4 Å². The van der Waals surface area contributed by atoms with Gasteiger partial charge in [0.15, 0.2) is 0 Å². The van der Waals surface area contributed by atoms with Gasteiger partial charge in [-0.3, -0.25) is 4.79 Å². The minimum atomic E-state index is -0.299. The smallest absolute Gasteiger partial charge is 0.244 e. The van der Waals surface area contributed by atoms with Gasteiger partial charge in [-0.05, 0) is 31.5 Å². The van der Waals surface area contributed by atoms with E-state index in [2.05, 4.69) is 10.6 Å². The van der Waals surface area contributed by atoms with E-state index >= 15 is 0 Å². The van der Waals surface area contributed by atoms with E-state index in [1.807, 2.05) is 38.1 Å². The molecule has 1 aromatic carbocycles. The maximum atomic E-state index is 12.2. The van der Waals surface area contributed by atoms with Crippen molar-refractivity contribution in [2.24, 2.45) is 0 Å². The fraction of sp³-hybridized carbons (Fsp3) is 0.533. The molecular formula is C15H23ClN2O3. The van der Waals surface area contributed by atoms with Crippen LogP contribution in [0.1, 0.15) is 19.4 Å². The zero-order chi connectivity index (χ0) is 14.4. The summed E-state index contributed by atoms with van der Waals surface area (Å²) in [5.41, 5.74) is 1.88. The lowest BCUT2D eigenvalue weighted by Gasteiger charge is -2.29. The Balaban J connectivity index is 0.00000220. The van der Waals surface area contributed by atoms with E-state index in [9.17, 15) is 4.79 Å². The molecule has 2 rings (SSSR count). The number of hydrogen-bond donors (Lipinski definition) is 2. The molecule has 5 nitrogen and oxygen atoms in total. The number of carbonyl (C=O) groups is 1. The molecule has 1 aliphatic rings. The van der Waals surface area contributed by atoms with E-state index < -0.39 is 0 Å². The first kappa shape index (κ1) is 17.9. The Bertz CT molecular complexity index is 439. The van der Waals surface area contributed by atoms with Gasteiger partial charge < -0.3 is 20.1 Å². The van der Waals surface area contributed by atoms with Crippen molar-refractivity contribution in [2.45, 2.75) is 32.6 Å². The third-order valence-electron chi connectivity index (χ3n) is 3.29. The van der Waals surface area contributed by atoms with Crippen LogP contribution in [0.3, 0.4) is 0 Å². The Morgan fingerprint density at radius 1 is 1.43 bits per heavy atom. The van der Waals surface area contributed by atoms with Crippen LogP contribution in [-0.4, -0.2) is 37.8 Å². The average molecular weight is 315 g/mol. The van der Waals surface area contributed by atoms with Crippen LogP contribution in [0.2, 0.25) is 0 Å². The fourth-order valence-corrected chi connectivity index (χ4v) is 2.15. The molecule has 2 N–H and O–H groups in total. The number of ether oxygens (including phenoxy) is 2. The zero-order valence-corrected chi connectivity index (χ0v) is 13.2. The van der Waals surface area contributed by atoms with Crippen LogP contribution in [0.4, 0.5) is 5.69 Å². The van der Waals surface area contributed by atoms with Gasteiger partial charge in [0.1, 0.15) is 6.04 Å². The van der Waals surface area contributed by atoms with Crippen molar-refractivity contribution < 1.29 is 14.3 Å². The second-order valence-corrected chi connectivity index (χ2v) is 4.83. The van der Waals surface area contributed by atoms with Crippen molar-refractivity contribution in [2.75, 3.05) is 25.1 Å². The standard InChI is InChI=1S/C15H22N2O3.ClH/c1-3-19-10-12-4-6-13(7-5-12)17-15(18)14-11(2)20-9-8-16-14;/h4-7,11,14,16H,3,8-10H2,1-2H3,(H,17,18);1H/t11-,14+;/m1./s1. The molecule has 1 fully saturated rings. The predicted octanol–water partition coefficient (Wildman–Crippen LogP) is 1.96. The Morgan fingerprint density at radius 2 is 2.14 bits per heavy atom. The monoisotopic (exact) mass is 314 g/mol. The molecule has 2 atom stereocenters. The third kappa shape index (κ3) is 5.28. The van der Waals surface area contributed by atoms with E-state index in [0.717, 1.165) is 11.3 Å². The van der Waals surface area contributed by atoms with Gasteiger partial charge in [-0.25, -0.2) is 0 Å². The van der Waals surface area contributed by atoms with Crippen LogP contribution >= 0.6 is 12.4 Å². The Morgan fingerprint density at radius 3 is 2.76 bits per heavy atom. The first-order valence-corrected chi connectivity index (χ1v) is 7.03. The summed E-state index contributed by atoms with van der Waals surface area (Å²) in [6.45, 7) is 6.52. The largest absolute Gasteiger partial charge is 0.377 e. The van der Waals surface area contributed by atoms with Gasteiger partial charge in [-0.2, -0.15) is 0 Å². The molecule has 1 aromatic rings. The minimum absolute atomic E-state index is 0. The maximum absolute atomic E-state index is 12.2. The summed E-state index contributed by atoms with van der Waals surface area (Å²) in [5, 5.41) is 6.07. The summed E-state index contributed by atoms with van der Waals surface area (Å²) >= 11 is 0. The summed E-state index contributed by atoms with van der Waals surface area (Å²) in [4.78, 5) is 12.2. The van der Waals surface area contributed by atoms with Gasteiger partial charge in [0.05, 0.1) is 19.3 Å². The van der Waals surface area contributed by atoms with Crippen molar-refractivity contribution >= 4 is 24.0 Å². The highest BCUT2D eigenvalue weighted by molar-refractivity contribution is 5.95. The van der Waals surface area contributed by atoms with Crippen molar-refractivity contribution in [3.05, 3.63) is 29.8 Å². The summed E-state index contributed by atoms with van der Waals surface area (Å²) in [6, 6.07) is 7.40. The first-order chi connectivity index (χ1) is 9.70. The number of amides is 1. The molecule has 1 heterocycles. The van der Waals surface area contributed by atoms with Crippen molar-refractivity contribution in [3.63, 3.8) is 0 Å². The molecule has 0 bridgehead atoms. The number of hydrogen-bond acceptors (Lipinski definition) is 4. The summed E-state index contributed by atoms with van der Waals surface area (Å²) in [6.07, 6.45) is -0.110. The molecule has 0 unspecified atom stereocenters. The SMILES string of the molecule is CCOCc1ccc(NC(=O)[C@H]2NCCO[C@@H]2C)cc1.Cl. The van der Waals surface area contributed by atoms with Crippen LogP contribution in [0, 0.1) is 0 Å². The quantitative estimate of drug-likeness (QED) is 0.872. The van der Waals surface area contributed by atoms with Crippen molar-refractivity contribution in [3.8, 4) is 0 Å². The molecule has 21 heavy (non-hydrogen) atoms. The van der Waals surface area contributed by atoms with E-state index in [1.54, 1.807) is 0 Å². The molecule has 0 radical (unpaired) electrons. The number of morpholine rings is 1. The van der Waals surface area contributed by atoms with E-state index in [0.29, 0.717) is 26.4 Å². The number of carbonyl (C=O) groups excluding carboxylic acids is 1. The second-order valence-electron chi connectivity index (χ2n) is 4.83. The van der Waals surface area contributed by atoms with E-state index in [4.69, 9.17) is 9.47 Å². The van der Waals surface area contributed by atoms with Crippen LogP contribution < -0.4 is 10.6 Å². The lowest BCUT2D eigenvalue weighted by molar-refractivity contribution is -0.123. The molecule has 1 amide bonds. The van der Waals surface area contributed by atoms with E-state index in [1.165, 1.54) is 0 Å². The lowest BCUT2D eigenvalue weighted by Crippen LogP contribution is -2.53. The lowest BCUT2D eigenvalue weighted by atomic mass is 10.1.